The monoisotopic (exact) mass is 286 g/mol. The zero-order chi connectivity index (χ0) is 14.8. The third kappa shape index (κ3) is 3.05. The number of rotatable bonds is 4. The summed E-state index contributed by atoms with van der Waals surface area (Å²) in [5.74, 6) is -1.13. The highest BCUT2D eigenvalue weighted by molar-refractivity contribution is 5.97. The molecular weight excluding hydrogens is 277 g/mol. The van der Waals surface area contributed by atoms with E-state index in [1.165, 1.54) is 12.3 Å². The van der Waals surface area contributed by atoms with Crippen molar-refractivity contribution in [3.05, 3.63) is 41.4 Å². The Bertz CT molecular complexity index is 611. The predicted octanol–water partition coefficient (Wildman–Crippen LogP) is 1.80. The topological polar surface area (TPSA) is 94.0 Å². The maximum atomic E-state index is 12.6. The van der Waals surface area contributed by atoms with Crippen LogP contribution in [0.3, 0.4) is 0 Å². The van der Waals surface area contributed by atoms with E-state index in [1.807, 2.05) is 0 Å². The van der Waals surface area contributed by atoms with Gasteiger partial charge in [0.2, 0.25) is 0 Å². The lowest BCUT2D eigenvalue weighted by Gasteiger charge is -2.11. The van der Waals surface area contributed by atoms with Crippen LogP contribution in [0, 0.1) is 0 Å². The normalized spacial score (nSPS) is 11.3. The molecule has 9 heteroatoms. The number of amides is 1. The van der Waals surface area contributed by atoms with Gasteiger partial charge in [0.1, 0.15) is 23.5 Å². The van der Waals surface area contributed by atoms with Gasteiger partial charge in [-0.15, -0.1) is 0 Å². The summed E-state index contributed by atoms with van der Waals surface area (Å²) in [7, 11) is 0. The molecule has 0 atom stereocenters. The van der Waals surface area contributed by atoms with Crippen molar-refractivity contribution in [2.45, 2.75) is 12.7 Å². The summed E-state index contributed by atoms with van der Waals surface area (Å²) in [5.41, 5.74) is 4.27. The van der Waals surface area contributed by atoms with Crippen LogP contribution >= 0.6 is 0 Å². The molecule has 0 fully saturated rings. The first-order chi connectivity index (χ1) is 9.38. The molecule has 106 valence electrons. The number of hydrogen-bond donors (Lipinski definition) is 2. The lowest BCUT2D eigenvalue weighted by molar-refractivity contribution is -0.141. The van der Waals surface area contributed by atoms with Crippen molar-refractivity contribution in [3.63, 3.8) is 0 Å². The number of nitrogens with two attached hydrogens (primary N) is 1. The summed E-state index contributed by atoms with van der Waals surface area (Å²) < 4.78 is 42.3. The van der Waals surface area contributed by atoms with Crippen LogP contribution in [0.5, 0.6) is 0 Å². The summed E-state index contributed by atoms with van der Waals surface area (Å²) in [6.45, 7) is 0.0467. The Balaban J connectivity index is 2.29. The molecule has 2 aromatic rings. The Morgan fingerprint density at radius 1 is 1.35 bits per heavy atom. The average molecular weight is 286 g/mol. The quantitative estimate of drug-likeness (QED) is 0.893. The second kappa shape index (κ2) is 5.19. The van der Waals surface area contributed by atoms with Crippen molar-refractivity contribution in [1.82, 2.24) is 10.1 Å². The van der Waals surface area contributed by atoms with Gasteiger partial charge in [-0.2, -0.15) is 13.2 Å². The fourth-order valence-corrected chi connectivity index (χ4v) is 1.45. The third-order valence-corrected chi connectivity index (χ3v) is 2.38. The van der Waals surface area contributed by atoms with Crippen molar-refractivity contribution >= 4 is 11.7 Å². The van der Waals surface area contributed by atoms with Gasteiger partial charge in [-0.1, -0.05) is 5.16 Å². The van der Waals surface area contributed by atoms with Crippen molar-refractivity contribution in [1.29, 1.82) is 0 Å². The molecular formula is C11H9F3N4O2. The van der Waals surface area contributed by atoms with Crippen molar-refractivity contribution in [3.8, 4) is 0 Å². The van der Waals surface area contributed by atoms with E-state index in [9.17, 15) is 18.0 Å². The summed E-state index contributed by atoms with van der Waals surface area (Å²) in [5, 5.41) is 6.15. The minimum absolute atomic E-state index is 0.0467. The highest BCUT2D eigenvalue weighted by Gasteiger charge is 2.33. The molecule has 2 heterocycles. The van der Waals surface area contributed by atoms with Crippen LogP contribution in [0.1, 0.15) is 21.7 Å². The van der Waals surface area contributed by atoms with E-state index in [2.05, 4.69) is 20.0 Å². The second-order valence-corrected chi connectivity index (χ2v) is 3.80. The number of aromatic nitrogens is 2. The highest BCUT2D eigenvalue weighted by atomic mass is 19.4. The van der Waals surface area contributed by atoms with Crippen LogP contribution in [-0.2, 0) is 12.7 Å². The van der Waals surface area contributed by atoms with Crippen LogP contribution in [0.4, 0.5) is 19.0 Å². The van der Waals surface area contributed by atoms with E-state index in [1.54, 1.807) is 0 Å². The summed E-state index contributed by atoms with van der Waals surface area (Å²) >= 11 is 0. The largest absolute Gasteiger partial charge is 0.433 e. The smallest absolute Gasteiger partial charge is 0.365 e. The lowest BCUT2D eigenvalue weighted by atomic mass is 10.2. The summed E-state index contributed by atoms with van der Waals surface area (Å²) in [6, 6.07) is 3.19. The predicted molar refractivity (Wildman–Crippen MR) is 61.6 cm³/mol. The van der Waals surface area contributed by atoms with Crippen molar-refractivity contribution < 1.29 is 22.5 Å². The molecule has 20 heavy (non-hydrogen) atoms. The van der Waals surface area contributed by atoms with Gasteiger partial charge < -0.3 is 15.6 Å². The van der Waals surface area contributed by atoms with Gasteiger partial charge >= 0.3 is 6.18 Å². The number of carbonyl (C=O) groups is 1. The van der Waals surface area contributed by atoms with Crippen LogP contribution < -0.4 is 11.1 Å². The van der Waals surface area contributed by atoms with E-state index >= 15 is 0 Å². The molecule has 6 nitrogen and oxygen atoms in total. The zero-order valence-corrected chi connectivity index (χ0v) is 9.94. The highest BCUT2D eigenvalue weighted by Crippen LogP contribution is 2.29. The summed E-state index contributed by atoms with van der Waals surface area (Å²) in [6.07, 6.45) is -3.30. The Hall–Kier alpha value is -2.58. The van der Waals surface area contributed by atoms with Gasteiger partial charge in [-0.05, 0) is 12.1 Å². The first kappa shape index (κ1) is 13.8. The number of alkyl halides is 3. The molecule has 0 aliphatic heterocycles. The lowest BCUT2D eigenvalue weighted by Crippen LogP contribution is -2.18. The number of halogens is 3. The molecule has 0 aliphatic rings. The van der Waals surface area contributed by atoms with Crippen LogP contribution in [0.15, 0.2) is 29.0 Å². The first-order valence-corrected chi connectivity index (χ1v) is 5.39. The van der Waals surface area contributed by atoms with Crippen molar-refractivity contribution in [2.75, 3.05) is 5.32 Å². The molecule has 0 aromatic carbocycles. The average Bonchev–Trinajstić information content (AvgIpc) is 2.87. The molecule has 0 spiro atoms. The van der Waals surface area contributed by atoms with Gasteiger partial charge in [0.05, 0.1) is 12.1 Å². The van der Waals surface area contributed by atoms with E-state index in [0.29, 0.717) is 11.8 Å². The number of nitrogens with one attached hydrogen (secondary N) is 1. The number of primary amides is 1. The van der Waals surface area contributed by atoms with E-state index < -0.39 is 17.8 Å². The van der Waals surface area contributed by atoms with E-state index in [0.717, 1.165) is 6.07 Å². The van der Waals surface area contributed by atoms with E-state index in [-0.39, 0.29) is 17.9 Å². The fourth-order valence-electron chi connectivity index (χ4n) is 1.45. The van der Waals surface area contributed by atoms with E-state index in [4.69, 9.17) is 5.73 Å². The van der Waals surface area contributed by atoms with Crippen LogP contribution in [0.2, 0.25) is 0 Å². The van der Waals surface area contributed by atoms with Crippen molar-refractivity contribution in [2.24, 2.45) is 5.73 Å². The van der Waals surface area contributed by atoms with Crippen LogP contribution in [-0.4, -0.2) is 16.0 Å². The van der Waals surface area contributed by atoms with Gasteiger partial charge in [0, 0.05) is 6.07 Å². The first-order valence-electron chi connectivity index (χ1n) is 5.39. The van der Waals surface area contributed by atoms with Gasteiger partial charge in [0.15, 0.2) is 0 Å². The van der Waals surface area contributed by atoms with Gasteiger partial charge in [-0.25, -0.2) is 4.98 Å². The number of pyridine rings is 1. The van der Waals surface area contributed by atoms with Gasteiger partial charge in [0.25, 0.3) is 5.91 Å². The molecule has 0 radical (unpaired) electrons. The molecule has 2 rings (SSSR count). The SMILES string of the molecule is NC(=O)c1ccc(C(F)(F)F)nc1NCc1ccon1. The Labute approximate surface area is 110 Å². The van der Waals surface area contributed by atoms with Crippen LogP contribution in [0.25, 0.3) is 0 Å². The Morgan fingerprint density at radius 2 is 2.10 bits per heavy atom. The molecule has 0 saturated heterocycles. The minimum atomic E-state index is -4.61. The molecule has 0 aliphatic carbocycles. The number of anilines is 1. The van der Waals surface area contributed by atoms with Gasteiger partial charge in [-0.3, -0.25) is 4.79 Å². The Morgan fingerprint density at radius 3 is 2.65 bits per heavy atom. The number of nitrogens with zero attached hydrogens (tertiary/aromatic N) is 2. The standard InChI is InChI=1S/C11H9F3N4O2/c12-11(13,14)8-2-1-7(9(15)19)10(17-8)16-5-6-3-4-20-18-6/h1-4H,5H2,(H2,15,19)(H,16,17). The zero-order valence-electron chi connectivity index (χ0n) is 9.94. The molecule has 1 amide bonds. The number of carbonyl (C=O) groups excluding carboxylic acids is 1. The minimum Gasteiger partial charge on any atom is -0.365 e. The fraction of sp³-hybridized carbons (Fsp3) is 0.182. The molecule has 0 saturated carbocycles. The third-order valence-electron chi connectivity index (χ3n) is 2.38. The Kier molecular flexibility index (Phi) is 3.59. The molecule has 0 unspecified atom stereocenters. The summed E-state index contributed by atoms with van der Waals surface area (Å²) in [4.78, 5) is 14.5. The molecule has 0 bridgehead atoms. The second-order valence-electron chi connectivity index (χ2n) is 3.80. The maximum Gasteiger partial charge on any atom is 0.433 e. The maximum absolute atomic E-state index is 12.6. The molecule has 2 aromatic heterocycles. The molecule has 3 N–H and O–H groups in total. The number of hydrogen-bond acceptors (Lipinski definition) is 5.